The van der Waals surface area contributed by atoms with Gasteiger partial charge in [-0.3, -0.25) is 0 Å². The van der Waals surface area contributed by atoms with Gasteiger partial charge in [0.05, 0.1) is 49.3 Å². The van der Waals surface area contributed by atoms with E-state index in [-0.39, 0.29) is 42.8 Å². The summed E-state index contributed by atoms with van der Waals surface area (Å²) in [6.07, 6.45) is -8.89. The van der Waals surface area contributed by atoms with E-state index in [0.717, 1.165) is 12.8 Å². The normalized spacial score (nSPS) is 53.3. The molecule has 302 valence electrons. The molecule has 0 radical (unpaired) electrons. The molecule has 52 heavy (non-hydrogen) atoms. The van der Waals surface area contributed by atoms with Gasteiger partial charge in [0, 0.05) is 25.4 Å². The maximum absolute atomic E-state index is 12.6. The van der Waals surface area contributed by atoms with Gasteiger partial charge in [-0.15, -0.1) is 0 Å². The SMILES string of the molecule is CO[C@@H]1CO[C@@H](O[C@H]2[C@H](O[C@@H](CC[C@@H](C)[C@H]3C[C@@H](O)C4[C@]5(O)C[C@H](O)C6[C@@H](O)[C@@H](O)CC[C@]6(C)C5CC[C@@]43C)C(C)C)O[C@@H](CO)[C@@H]2O)[C@H](O)[C@H]1O. The van der Waals surface area contributed by atoms with E-state index in [9.17, 15) is 46.0 Å². The molecular weight excluding hydrogens is 680 g/mol. The number of methoxy groups -OCH3 is 1. The summed E-state index contributed by atoms with van der Waals surface area (Å²) in [6.45, 7) is 9.91. The molecule has 14 nitrogen and oxygen atoms in total. The van der Waals surface area contributed by atoms with Crippen molar-refractivity contribution in [3.8, 4) is 0 Å². The minimum absolute atomic E-state index is 0.0259. The Bertz CT molecular complexity index is 1210. The third-order valence-corrected chi connectivity index (χ3v) is 14.9. The molecule has 0 aromatic rings. The van der Waals surface area contributed by atoms with Gasteiger partial charge >= 0.3 is 0 Å². The number of hydrogen-bond acceptors (Lipinski definition) is 14. The molecule has 6 fully saturated rings. The van der Waals surface area contributed by atoms with Crippen LogP contribution in [-0.4, -0.2) is 152 Å². The van der Waals surface area contributed by atoms with E-state index in [1.807, 2.05) is 20.8 Å². The molecule has 14 heteroatoms. The zero-order chi connectivity index (χ0) is 38.1. The zero-order valence-electron chi connectivity index (χ0n) is 31.6. The van der Waals surface area contributed by atoms with Crippen LogP contribution in [0.3, 0.4) is 0 Å². The lowest BCUT2D eigenvalue weighted by molar-refractivity contribution is -0.309. The first kappa shape index (κ1) is 41.1. The predicted molar refractivity (Wildman–Crippen MR) is 184 cm³/mol. The summed E-state index contributed by atoms with van der Waals surface area (Å²) in [6, 6.07) is 0. The summed E-state index contributed by atoms with van der Waals surface area (Å²) < 4.78 is 29.1. The van der Waals surface area contributed by atoms with Gasteiger partial charge in [0.1, 0.15) is 36.6 Å². The molecule has 4 aliphatic carbocycles. The number of aliphatic hydroxyl groups excluding tert-OH is 8. The maximum Gasteiger partial charge on any atom is 0.187 e. The van der Waals surface area contributed by atoms with Crippen molar-refractivity contribution in [3.05, 3.63) is 0 Å². The average molecular weight is 747 g/mol. The Morgan fingerprint density at radius 3 is 2.15 bits per heavy atom. The van der Waals surface area contributed by atoms with Crippen LogP contribution in [0.2, 0.25) is 0 Å². The van der Waals surface area contributed by atoms with Crippen molar-refractivity contribution in [1.82, 2.24) is 0 Å². The number of hydrogen-bond donors (Lipinski definition) is 9. The second-order valence-corrected chi connectivity index (χ2v) is 18.1. The van der Waals surface area contributed by atoms with Gasteiger partial charge in [0.15, 0.2) is 12.6 Å². The van der Waals surface area contributed by atoms with E-state index in [4.69, 9.17) is 23.7 Å². The molecule has 3 unspecified atom stereocenters. The molecule has 6 rings (SSSR count). The largest absolute Gasteiger partial charge is 0.394 e. The number of fused-ring (bicyclic) bond motifs is 5. The van der Waals surface area contributed by atoms with Crippen molar-refractivity contribution in [2.24, 2.45) is 46.3 Å². The molecular formula is C38H66O14. The molecule has 2 aliphatic heterocycles. The third-order valence-electron chi connectivity index (χ3n) is 14.9. The zero-order valence-corrected chi connectivity index (χ0v) is 31.6. The van der Waals surface area contributed by atoms with Gasteiger partial charge in [0.25, 0.3) is 0 Å². The first-order valence-corrected chi connectivity index (χ1v) is 19.6. The van der Waals surface area contributed by atoms with Gasteiger partial charge in [-0.05, 0) is 79.4 Å². The summed E-state index contributed by atoms with van der Waals surface area (Å²) in [5.41, 5.74) is -2.28. The first-order chi connectivity index (χ1) is 24.4. The molecule has 0 spiro atoms. The van der Waals surface area contributed by atoms with E-state index < -0.39 is 108 Å². The lowest BCUT2D eigenvalue weighted by atomic mass is 9.41. The molecule has 6 aliphatic rings. The van der Waals surface area contributed by atoms with Crippen molar-refractivity contribution in [3.63, 3.8) is 0 Å². The molecule has 2 heterocycles. The minimum atomic E-state index is -1.45. The van der Waals surface area contributed by atoms with Gasteiger partial charge in [-0.2, -0.15) is 0 Å². The molecule has 0 bridgehead atoms. The first-order valence-electron chi connectivity index (χ1n) is 19.6. The van der Waals surface area contributed by atoms with Crippen LogP contribution in [0.5, 0.6) is 0 Å². The van der Waals surface area contributed by atoms with E-state index in [1.54, 1.807) is 0 Å². The lowest BCUT2D eigenvalue weighted by Crippen LogP contribution is -2.70. The molecule has 21 atom stereocenters. The van der Waals surface area contributed by atoms with Crippen LogP contribution in [0.25, 0.3) is 0 Å². The van der Waals surface area contributed by atoms with Gasteiger partial charge in [-0.1, -0.05) is 34.6 Å². The Labute approximate surface area is 307 Å². The molecule has 0 aromatic heterocycles. The third kappa shape index (κ3) is 6.82. The van der Waals surface area contributed by atoms with Crippen molar-refractivity contribution in [2.75, 3.05) is 20.3 Å². The monoisotopic (exact) mass is 746 g/mol. The van der Waals surface area contributed by atoms with Crippen molar-refractivity contribution < 1.29 is 69.6 Å². The van der Waals surface area contributed by atoms with Crippen LogP contribution in [0.1, 0.15) is 86.0 Å². The number of aliphatic hydroxyl groups is 9. The van der Waals surface area contributed by atoms with Crippen molar-refractivity contribution in [2.45, 2.75) is 171 Å². The van der Waals surface area contributed by atoms with Gasteiger partial charge in [0.2, 0.25) is 0 Å². The van der Waals surface area contributed by atoms with Crippen LogP contribution in [0.4, 0.5) is 0 Å². The smallest absolute Gasteiger partial charge is 0.187 e. The fourth-order valence-corrected chi connectivity index (χ4v) is 12.2. The standard InChI is InChI=1S/C38H66O14/c1-17(2)23(50-35-32(30(45)24(15-39)51-35)52-34-31(46)29(44)25(48-6)16-49-34)8-7-18(3)19-13-21(41)33-36(19,4)12-10-26-37(5)11-9-20(40)28(43)27(37)22(42)14-38(26,33)47/h17-35,39-47H,7-16H2,1-6H3/t18-,19-,20+,21-,22+,23+,24+,25-,26?,27?,28+,29+,30+,31-,32-,33?,34+,35-,36-,37-,38+/m1/s1. The fraction of sp³-hybridized carbons (Fsp3) is 1.00. The summed E-state index contributed by atoms with van der Waals surface area (Å²) >= 11 is 0. The Morgan fingerprint density at radius 1 is 0.808 bits per heavy atom. The number of rotatable bonds is 11. The van der Waals surface area contributed by atoms with Crippen LogP contribution < -0.4 is 0 Å². The van der Waals surface area contributed by atoms with E-state index in [2.05, 4.69) is 13.8 Å². The topological polar surface area (TPSA) is 228 Å². The summed E-state index contributed by atoms with van der Waals surface area (Å²) in [5, 5.41) is 99.3. The summed E-state index contributed by atoms with van der Waals surface area (Å²) in [5.74, 6) is -0.968. The van der Waals surface area contributed by atoms with Gasteiger partial charge < -0.3 is 69.6 Å². The molecule has 9 N–H and O–H groups in total. The average Bonchev–Trinajstić information content (AvgIpc) is 3.54. The second-order valence-electron chi connectivity index (χ2n) is 18.1. The summed E-state index contributed by atoms with van der Waals surface area (Å²) in [7, 11) is 1.40. The predicted octanol–water partition coefficient (Wildman–Crippen LogP) is 0.0474. The highest BCUT2D eigenvalue weighted by Crippen LogP contribution is 2.70. The van der Waals surface area contributed by atoms with E-state index in [0.29, 0.717) is 32.1 Å². The summed E-state index contributed by atoms with van der Waals surface area (Å²) in [4.78, 5) is 0. The lowest BCUT2D eigenvalue weighted by Gasteiger charge is -2.66. The van der Waals surface area contributed by atoms with Crippen LogP contribution in [0.15, 0.2) is 0 Å². The molecule has 0 aromatic carbocycles. The highest BCUT2D eigenvalue weighted by molar-refractivity contribution is 5.21. The van der Waals surface area contributed by atoms with Gasteiger partial charge in [-0.25, -0.2) is 0 Å². The Morgan fingerprint density at radius 2 is 1.50 bits per heavy atom. The second kappa shape index (κ2) is 15.4. The minimum Gasteiger partial charge on any atom is -0.394 e. The fourth-order valence-electron chi connectivity index (χ4n) is 12.2. The Balaban J connectivity index is 1.13. The maximum atomic E-state index is 12.6. The van der Waals surface area contributed by atoms with E-state index >= 15 is 0 Å². The van der Waals surface area contributed by atoms with Crippen LogP contribution in [0, 0.1) is 46.3 Å². The van der Waals surface area contributed by atoms with Crippen LogP contribution in [-0.2, 0) is 23.7 Å². The van der Waals surface area contributed by atoms with Crippen molar-refractivity contribution in [1.29, 1.82) is 0 Å². The highest BCUT2D eigenvalue weighted by atomic mass is 16.8. The highest BCUT2D eigenvalue weighted by Gasteiger charge is 2.71. The van der Waals surface area contributed by atoms with Crippen molar-refractivity contribution >= 4 is 0 Å². The molecule has 0 amide bonds. The number of ether oxygens (including phenoxy) is 5. The molecule has 4 saturated carbocycles. The molecule has 2 saturated heterocycles. The van der Waals surface area contributed by atoms with Crippen LogP contribution >= 0.6 is 0 Å². The Hall–Kier alpha value is -0.560. The van der Waals surface area contributed by atoms with E-state index in [1.165, 1.54) is 7.11 Å². The quantitative estimate of drug-likeness (QED) is 0.136. The Kier molecular flexibility index (Phi) is 12.2.